The lowest BCUT2D eigenvalue weighted by molar-refractivity contribution is 0.0938. The van der Waals surface area contributed by atoms with E-state index in [2.05, 4.69) is 15.3 Å². The Kier molecular flexibility index (Phi) is 4.42. The largest absolute Gasteiger partial charge is 0.347 e. The maximum absolute atomic E-state index is 12.1. The van der Waals surface area contributed by atoms with Gasteiger partial charge in [-0.2, -0.15) is 0 Å². The maximum Gasteiger partial charge on any atom is 0.251 e. The molecule has 0 aliphatic carbocycles. The summed E-state index contributed by atoms with van der Waals surface area (Å²) in [4.78, 5) is 19.1. The number of nitrogens with one attached hydrogen (secondary N) is 2. The molecule has 1 atom stereocenters. The number of carbonyl (C=O) groups is 1. The molecule has 1 amide bonds. The number of amides is 1. The summed E-state index contributed by atoms with van der Waals surface area (Å²) < 4.78 is 22.4. The molecule has 1 heterocycles. The minimum atomic E-state index is -3.07. The van der Waals surface area contributed by atoms with Crippen LogP contribution in [0.2, 0.25) is 0 Å². The van der Waals surface area contributed by atoms with Gasteiger partial charge in [0.05, 0.1) is 11.8 Å². The zero-order valence-electron chi connectivity index (χ0n) is 11.8. The molecule has 7 heteroatoms. The van der Waals surface area contributed by atoms with Gasteiger partial charge in [0.25, 0.3) is 5.91 Å². The second-order valence-corrected chi connectivity index (χ2v) is 7.08. The van der Waals surface area contributed by atoms with Gasteiger partial charge in [-0.05, 0) is 24.6 Å². The summed E-state index contributed by atoms with van der Waals surface area (Å²) in [6.07, 6.45) is 4.49. The highest BCUT2D eigenvalue weighted by atomic mass is 32.2. The second kappa shape index (κ2) is 6.09. The summed E-state index contributed by atoms with van der Waals surface area (Å²) in [6, 6.07) is 6.29. The van der Waals surface area contributed by atoms with E-state index in [0.29, 0.717) is 17.0 Å². The molecule has 0 saturated carbocycles. The quantitative estimate of drug-likeness (QED) is 0.874. The predicted octanol–water partition coefficient (Wildman–Crippen LogP) is 1.45. The van der Waals surface area contributed by atoms with Gasteiger partial charge in [0, 0.05) is 24.2 Å². The molecule has 0 aliphatic rings. The first-order valence-electron chi connectivity index (χ1n) is 6.42. The molecule has 1 unspecified atom stereocenters. The van der Waals surface area contributed by atoms with E-state index in [0.717, 1.165) is 0 Å². The van der Waals surface area contributed by atoms with Gasteiger partial charge in [-0.1, -0.05) is 12.1 Å². The first kappa shape index (κ1) is 15.2. The van der Waals surface area contributed by atoms with Crippen molar-refractivity contribution in [1.29, 1.82) is 0 Å². The average molecular weight is 307 g/mol. The molecule has 0 saturated heterocycles. The highest BCUT2D eigenvalue weighted by Gasteiger charge is 2.13. The van der Waals surface area contributed by atoms with E-state index in [-0.39, 0.29) is 17.7 Å². The Morgan fingerprint density at radius 2 is 2.00 bits per heavy atom. The van der Waals surface area contributed by atoms with Gasteiger partial charge >= 0.3 is 0 Å². The van der Waals surface area contributed by atoms with Crippen LogP contribution in [-0.2, 0) is 15.6 Å². The fourth-order valence-corrected chi connectivity index (χ4v) is 2.72. The van der Waals surface area contributed by atoms with Crippen LogP contribution >= 0.6 is 0 Å². The Bertz CT molecular complexity index is 706. The Balaban J connectivity index is 2.03. The standard InChI is InChI=1S/C14H17N3O3S/c1-10(13-15-7-8-16-13)17-14(18)12-5-3-11(4-6-12)9-21(2,19)20/h3-8,10H,9H2,1-2H3,(H,15,16)(H,17,18). The van der Waals surface area contributed by atoms with Gasteiger partial charge in [-0.3, -0.25) is 4.79 Å². The average Bonchev–Trinajstić information content (AvgIpc) is 2.91. The van der Waals surface area contributed by atoms with Gasteiger partial charge < -0.3 is 10.3 Å². The third-order valence-corrected chi connectivity index (χ3v) is 3.78. The van der Waals surface area contributed by atoms with E-state index >= 15 is 0 Å². The molecule has 0 radical (unpaired) electrons. The van der Waals surface area contributed by atoms with Crippen LogP contribution in [0.15, 0.2) is 36.7 Å². The molecule has 6 nitrogen and oxygen atoms in total. The first-order chi connectivity index (χ1) is 9.85. The summed E-state index contributed by atoms with van der Waals surface area (Å²) in [7, 11) is -3.07. The number of hydrogen-bond acceptors (Lipinski definition) is 4. The number of sulfone groups is 1. The topological polar surface area (TPSA) is 91.9 Å². The summed E-state index contributed by atoms with van der Waals surface area (Å²) in [5.74, 6) is 0.416. The van der Waals surface area contributed by atoms with E-state index in [4.69, 9.17) is 0 Å². The van der Waals surface area contributed by atoms with Crippen molar-refractivity contribution < 1.29 is 13.2 Å². The predicted molar refractivity (Wildman–Crippen MR) is 79.5 cm³/mol. The molecule has 1 aromatic carbocycles. The number of nitrogens with zero attached hydrogens (tertiary/aromatic N) is 1. The normalized spacial score (nSPS) is 12.9. The summed E-state index contributed by atoms with van der Waals surface area (Å²) in [5.41, 5.74) is 1.14. The van der Waals surface area contributed by atoms with E-state index < -0.39 is 9.84 Å². The summed E-state index contributed by atoms with van der Waals surface area (Å²) in [6.45, 7) is 1.83. The minimum Gasteiger partial charge on any atom is -0.347 e. The van der Waals surface area contributed by atoms with Gasteiger partial charge in [0.15, 0.2) is 9.84 Å². The Morgan fingerprint density at radius 1 is 1.33 bits per heavy atom. The lowest BCUT2D eigenvalue weighted by Gasteiger charge is -2.11. The van der Waals surface area contributed by atoms with Gasteiger partial charge in [0.1, 0.15) is 5.82 Å². The highest BCUT2D eigenvalue weighted by molar-refractivity contribution is 7.89. The fraction of sp³-hybridized carbons (Fsp3) is 0.286. The molecule has 0 spiro atoms. The van der Waals surface area contributed by atoms with Crippen molar-refractivity contribution in [3.05, 3.63) is 53.6 Å². The van der Waals surface area contributed by atoms with Crippen LogP contribution in [0.1, 0.15) is 34.7 Å². The van der Waals surface area contributed by atoms with Crippen LogP contribution in [-0.4, -0.2) is 30.5 Å². The Morgan fingerprint density at radius 3 is 2.52 bits per heavy atom. The number of carbonyl (C=O) groups excluding carboxylic acids is 1. The van der Waals surface area contributed by atoms with Gasteiger partial charge in [-0.15, -0.1) is 0 Å². The van der Waals surface area contributed by atoms with E-state index in [1.165, 1.54) is 6.26 Å². The molecule has 1 aromatic heterocycles. The smallest absolute Gasteiger partial charge is 0.251 e. The third-order valence-electron chi connectivity index (χ3n) is 2.92. The molecule has 2 rings (SSSR count). The Labute approximate surface area is 123 Å². The number of aromatic nitrogens is 2. The van der Waals surface area contributed by atoms with Crippen molar-refractivity contribution in [3.63, 3.8) is 0 Å². The number of hydrogen-bond donors (Lipinski definition) is 2. The summed E-state index contributed by atoms with van der Waals surface area (Å²) in [5, 5.41) is 2.82. The zero-order valence-corrected chi connectivity index (χ0v) is 12.6. The van der Waals surface area contributed by atoms with Crippen molar-refractivity contribution in [2.24, 2.45) is 0 Å². The van der Waals surface area contributed by atoms with Gasteiger partial charge in [0.2, 0.25) is 0 Å². The fourth-order valence-electron chi connectivity index (χ4n) is 1.92. The van der Waals surface area contributed by atoms with Crippen LogP contribution in [0, 0.1) is 0 Å². The van der Waals surface area contributed by atoms with Crippen molar-refractivity contribution in [2.45, 2.75) is 18.7 Å². The van der Waals surface area contributed by atoms with Crippen molar-refractivity contribution in [1.82, 2.24) is 15.3 Å². The van der Waals surface area contributed by atoms with Crippen molar-refractivity contribution in [2.75, 3.05) is 6.26 Å². The lowest BCUT2D eigenvalue weighted by Crippen LogP contribution is -2.27. The molecule has 0 aliphatic heterocycles. The maximum atomic E-state index is 12.1. The SMILES string of the molecule is CC(NC(=O)c1ccc(CS(C)(=O)=O)cc1)c1ncc[nH]1. The Hall–Kier alpha value is -2.15. The van der Waals surface area contributed by atoms with Crippen LogP contribution < -0.4 is 5.32 Å². The summed E-state index contributed by atoms with van der Waals surface area (Å²) >= 11 is 0. The number of rotatable bonds is 5. The molecule has 2 N–H and O–H groups in total. The van der Waals surface area contributed by atoms with E-state index in [1.54, 1.807) is 36.7 Å². The third kappa shape index (κ3) is 4.42. The monoisotopic (exact) mass is 307 g/mol. The molecule has 0 bridgehead atoms. The van der Waals surface area contributed by atoms with Crippen LogP contribution in [0.4, 0.5) is 0 Å². The second-order valence-electron chi connectivity index (χ2n) is 4.94. The first-order valence-corrected chi connectivity index (χ1v) is 8.48. The minimum absolute atomic E-state index is 0.0301. The molecular weight excluding hydrogens is 290 g/mol. The van der Waals surface area contributed by atoms with Crippen LogP contribution in [0.5, 0.6) is 0 Å². The molecular formula is C14H17N3O3S. The number of aromatic amines is 1. The molecule has 112 valence electrons. The highest BCUT2D eigenvalue weighted by Crippen LogP contribution is 2.10. The van der Waals surface area contributed by atoms with Crippen molar-refractivity contribution >= 4 is 15.7 Å². The van der Waals surface area contributed by atoms with Crippen LogP contribution in [0.3, 0.4) is 0 Å². The lowest BCUT2D eigenvalue weighted by atomic mass is 10.1. The number of H-pyrrole nitrogens is 1. The van der Waals surface area contributed by atoms with Crippen LogP contribution in [0.25, 0.3) is 0 Å². The molecule has 21 heavy (non-hydrogen) atoms. The van der Waals surface area contributed by atoms with E-state index in [9.17, 15) is 13.2 Å². The zero-order chi connectivity index (χ0) is 15.5. The molecule has 0 fully saturated rings. The molecule has 2 aromatic rings. The number of imidazole rings is 1. The van der Waals surface area contributed by atoms with Gasteiger partial charge in [-0.25, -0.2) is 13.4 Å². The number of benzene rings is 1. The van der Waals surface area contributed by atoms with E-state index in [1.807, 2.05) is 6.92 Å². The van der Waals surface area contributed by atoms with Crippen molar-refractivity contribution in [3.8, 4) is 0 Å².